The summed E-state index contributed by atoms with van der Waals surface area (Å²) >= 11 is 1.81. The fraction of sp³-hybridized carbons (Fsp3) is 0.0135. The lowest BCUT2D eigenvalue weighted by Gasteiger charge is -2.11. The highest BCUT2D eigenvalue weighted by Crippen LogP contribution is 2.46. The summed E-state index contributed by atoms with van der Waals surface area (Å²) in [4.78, 5) is 4.49. The summed E-state index contributed by atoms with van der Waals surface area (Å²) in [5, 5.41) is 11.8. The zero-order valence-electron chi connectivity index (χ0n) is 43.6. The van der Waals surface area contributed by atoms with Crippen LogP contribution in [0.3, 0.4) is 0 Å². The number of para-hydroxylation sites is 5. The molecule has 0 spiro atoms. The second kappa shape index (κ2) is 18.2. The Labute approximate surface area is 464 Å². The van der Waals surface area contributed by atoms with Crippen LogP contribution >= 0.6 is 11.3 Å². The van der Waals surface area contributed by atoms with Crippen molar-refractivity contribution in [3.05, 3.63) is 268 Å². The van der Waals surface area contributed by atoms with E-state index in [1.165, 1.54) is 74.6 Å². The van der Waals surface area contributed by atoms with Gasteiger partial charge < -0.3 is 18.1 Å². The van der Waals surface area contributed by atoms with Gasteiger partial charge in [0.25, 0.3) is 0 Å². The average Bonchev–Trinajstić information content (AvgIpc) is 4.52. The van der Waals surface area contributed by atoms with Crippen LogP contribution in [0.2, 0.25) is 0 Å². The molecular weight excluding hydrogens is 993 g/mol. The smallest absolute Gasteiger partial charge is 0.143 e. The molecule has 0 atom stereocenters. The van der Waals surface area contributed by atoms with Crippen molar-refractivity contribution in [3.63, 3.8) is 0 Å². The van der Waals surface area contributed by atoms with Crippen molar-refractivity contribution in [2.75, 3.05) is 0 Å². The summed E-state index contributed by atoms with van der Waals surface area (Å²) in [5.41, 5.74) is 18.8. The monoisotopic (exact) mass is 1040 g/mol. The molecule has 17 aromatic rings. The number of hydrogen-bond donors (Lipinski definition) is 0. The van der Waals surface area contributed by atoms with Crippen molar-refractivity contribution in [1.29, 1.82) is 0 Å². The molecule has 0 saturated heterocycles. The molecule has 0 bridgehead atoms. The van der Waals surface area contributed by atoms with E-state index < -0.39 is 0 Å². The number of hydrogen-bond acceptors (Lipinski definition) is 3. The predicted octanol–water partition coefficient (Wildman–Crippen LogP) is 20.8. The van der Waals surface area contributed by atoms with Crippen LogP contribution in [0.4, 0.5) is 0 Å². The van der Waals surface area contributed by atoms with Crippen molar-refractivity contribution in [1.82, 2.24) is 18.7 Å². The fourth-order valence-electron chi connectivity index (χ4n) is 12.6. The van der Waals surface area contributed by atoms with Crippen LogP contribution in [0, 0.1) is 0 Å². The molecule has 11 aromatic carbocycles. The Balaban J connectivity index is 0.00000173. The molecule has 0 aliphatic carbocycles. The first-order valence-electron chi connectivity index (χ1n) is 27.1. The number of furan rings is 1. The predicted molar refractivity (Wildman–Crippen MR) is 340 cm³/mol. The van der Waals surface area contributed by atoms with E-state index in [9.17, 15) is 0 Å². The molecule has 0 N–H and O–H groups in total. The van der Waals surface area contributed by atoms with E-state index in [0.717, 1.165) is 83.4 Å². The fourth-order valence-corrected chi connectivity index (χ4v) is 13.7. The Bertz CT molecular complexity index is 5330. The first-order chi connectivity index (χ1) is 39.6. The maximum Gasteiger partial charge on any atom is 0.143 e. The molecule has 80 heavy (non-hydrogen) atoms. The van der Waals surface area contributed by atoms with Crippen LogP contribution in [0.25, 0.3) is 158 Å². The van der Waals surface area contributed by atoms with Crippen molar-refractivity contribution in [3.8, 4) is 50.4 Å². The van der Waals surface area contributed by atoms with Crippen molar-refractivity contribution in [2.24, 2.45) is 0 Å². The highest BCUT2D eigenvalue weighted by atomic mass is 32.1. The number of thiophene rings is 1. The van der Waals surface area contributed by atoms with E-state index in [4.69, 9.17) is 4.42 Å². The molecule has 0 fully saturated rings. The lowest BCUT2D eigenvalue weighted by Crippen LogP contribution is -1.95. The quantitative estimate of drug-likeness (QED) is 0.156. The van der Waals surface area contributed by atoms with Crippen LogP contribution in [-0.4, -0.2) is 18.7 Å². The summed E-state index contributed by atoms with van der Waals surface area (Å²) < 4.78 is 16.9. The van der Waals surface area contributed by atoms with Crippen molar-refractivity contribution < 1.29 is 4.42 Å². The lowest BCUT2D eigenvalue weighted by molar-refractivity contribution is 0.670. The highest BCUT2D eigenvalue weighted by Gasteiger charge is 2.23. The number of allylic oxidation sites excluding steroid dienone is 1. The molecule has 0 aliphatic rings. The number of benzene rings is 11. The summed E-state index contributed by atoms with van der Waals surface area (Å²) in [7, 11) is 0. The van der Waals surface area contributed by atoms with Crippen LogP contribution in [0.5, 0.6) is 0 Å². The maximum atomic E-state index is 7.12. The zero-order chi connectivity index (χ0) is 53.0. The van der Waals surface area contributed by atoms with E-state index >= 15 is 0 Å². The van der Waals surface area contributed by atoms with E-state index in [0.29, 0.717) is 0 Å². The van der Waals surface area contributed by atoms with Gasteiger partial charge in [-0.05, 0) is 162 Å². The SMILES string of the molecule is C=CC.c1ccc(-n2c3ccccc3c3cc(-c4cc(-c5ccc6c(c5)c5cc7c8ccccc8n(-c8ccccc8)c7cc5n6-c5ccccc5)c5oc6ccc(-c7ccc8sc9ccncc9c8c7)cc6c5c4)ccc32)cc1. The van der Waals surface area contributed by atoms with Gasteiger partial charge in [-0.2, -0.15) is 0 Å². The molecule has 6 heteroatoms. The Kier molecular flexibility index (Phi) is 10.4. The molecule has 0 aliphatic heterocycles. The van der Waals surface area contributed by atoms with Gasteiger partial charge in [-0.3, -0.25) is 4.98 Å². The Morgan fingerprint density at radius 2 is 0.812 bits per heavy atom. The average molecular weight is 1040 g/mol. The molecule has 6 heterocycles. The number of nitrogens with zero attached hydrogens (tertiary/aromatic N) is 4. The Morgan fingerprint density at radius 3 is 1.46 bits per heavy atom. The third-order valence-electron chi connectivity index (χ3n) is 16.1. The second-order valence-electron chi connectivity index (χ2n) is 20.7. The third-order valence-corrected chi connectivity index (χ3v) is 17.2. The molecule has 0 unspecified atom stereocenters. The van der Waals surface area contributed by atoms with Crippen LogP contribution in [0.15, 0.2) is 272 Å². The van der Waals surface area contributed by atoms with Gasteiger partial charge in [0.2, 0.25) is 0 Å². The number of fused-ring (bicyclic) bond motifs is 15. The topological polar surface area (TPSA) is 40.8 Å². The Morgan fingerprint density at radius 1 is 0.362 bits per heavy atom. The van der Waals surface area contributed by atoms with Crippen molar-refractivity contribution >= 4 is 119 Å². The van der Waals surface area contributed by atoms with Gasteiger partial charge in [0.05, 0.1) is 33.1 Å². The van der Waals surface area contributed by atoms with Crippen molar-refractivity contribution in [2.45, 2.75) is 6.92 Å². The third kappa shape index (κ3) is 7.06. The summed E-state index contributed by atoms with van der Waals surface area (Å²) in [5.74, 6) is 0. The minimum absolute atomic E-state index is 0.855. The molecule has 0 radical (unpaired) electrons. The molecule has 5 nitrogen and oxygen atoms in total. The normalized spacial score (nSPS) is 11.9. The Hall–Kier alpha value is -10.3. The van der Waals surface area contributed by atoms with Gasteiger partial charge in [0, 0.05) is 98.3 Å². The maximum absolute atomic E-state index is 7.12. The van der Waals surface area contributed by atoms with Gasteiger partial charge in [0.15, 0.2) is 0 Å². The van der Waals surface area contributed by atoms with Crippen LogP contribution in [0.1, 0.15) is 6.92 Å². The van der Waals surface area contributed by atoms with Gasteiger partial charge in [0.1, 0.15) is 11.2 Å². The first-order valence-corrected chi connectivity index (χ1v) is 28.0. The number of pyridine rings is 1. The van der Waals surface area contributed by atoms with E-state index in [1.54, 1.807) is 6.08 Å². The molecule has 6 aromatic heterocycles. The second-order valence-corrected chi connectivity index (χ2v) is 21.8. The minimum Gasteiger partial charge on any atom is -0.455 e. The standard InChI is InChI=1S/C71H42N4OS.C3H6/c1-4-14-48(15-5-1)73-62-22-12-10-20-51(62)54-34-45(24-28-64(54)73)47-38-53(71-60(39-47)58-35-43(26-30-68(58)76-71)44-27-31-69-59(36-44)61-42-72-33-32-70(61)77-69)46-25-29-65-55(37-46)57-40-56-52-21-11-13-23-63(52)74(49-16-6-2-7-17-49)66(56)41-67(57)75(65)50-18-8-3-9-19-50;1-3-2/h1-42H;3H,1H2,2H3. The lowest BCUT2D eigenvalue weighted by atomic mass is 9.93. The van der Waals surface area contributed by atoms with Gasteiger partial charge in [-0.15, -0.1) is 17.9 Å². The zero-order valence-corrected chi connectivity index (χ0v) is 44.5. The van der Waals surface area contributed by atoms with E-state index in [-0.39, 0.29) is 0 Å². The van der Waals surface area contributed by atoms with Gasteiger partial charge in [-0.1, -0.05) is 121 Å². The summed E-state index contributed by atoms with van der Waals surface area (Å²) in [6, 6.07) is 88.9. The van der Waals surface area contributed by atoms with Gasteiger partial charge in [-0.25, -0.2) is 0 Å². The largest absolute Gasteiger partial charge is 0.455 e. The first kappa shape index (κ1) is 45.9. The van der Waals surface area contributed by atoms with Gasteiger partial charge >= 0.3 is 0 Å². The minimum atomic E-state index is 0.855. The molecule has 17 rings (SSSR count). The van der Waals surface area contributed by atoms with Crippen LogP contribution < -0.4 is 0 Å². The van der Waals surface area contributed by atoms with E-state index in [1.807, 2.05) is 30.7 Å². The molecule has 376 valence electrons. The number of aromatic nitrogens is 4. The molecular formula is C74H48N4OS. The highest BCUT2D eigenvalue weighted by molar-refractivity contribution is 7.25. The number of rotatable bonds is 6. The summed E-state index contributed by atoms with van der Waals surface area (Å²) in [6.45, 7) is 5.25. The van der Waals surface area contributed by atoms with E-state index in [2.05, 4.69) is 268 Å². The molecule has 0 amide bonds. The summed E-state index contributed by atoms with van der Waals surface area (Å²) in [6.07, 6.45) is 5.62. The molecule has 0 saturated carbocycles. The van der Waals surface area contributed by atoms with Crippen LogP contribution in [-0.2, 0) is 0 Å².